The molecule has 5 rings (SSSR count). The number of rotatable bonds is 10. The zero-order chi connectivity index (χ0) is 28.2. The van der Waals surface area contributed by atoms with Gasteiger partial charge in [0.05, 0.1) is 48.1 Å². The van der Waals surface area contributed by atoms with Crippen LogP contribution in [0.1, 0.15) is 30.7 Å². The van der Waals surface area contributed by atoms with Crippen molar-refractivity contribution in [2.75, 3.05) is 40.0 Å². The molecule has 0 aromatic carbocycles. The highest BCUT2D eigenvalue weighted by molar-refractivity contribution is 6.34. The van der Waals surface area contributed by atoms with Gasteiger partial charge in [-0.1, -0.05) is 11.6 Å². The average Bonchev–Trinajstić information content (AvgIpc) is 3.29. The lowest BCUT2D eigenvalue weighted by Gasteiger charge is -2.42. The minimum absolute atomic E-state index is 0.0491. The molecule has 0 spiro atoms. The fourth-order valence-corrected chi connectivity index (χ4v) is 5.03. The van der Waals surface area contributed by atoms with Crippen LogP contribution in [-0.4, -0.2) is 77.9 Å². The summed E-state index contributed by atoms with van der Waals surface area (Å²) >= 11 is 6.39. The highest BCUT2D eigenvalue weighted by atomic mass is 35.5. The number of aromatic nitrogens is 3. The maximum absolute atomic E-state index is 14.9. The number of allylic oxidation sites excluding steroid dienone is 1. The largest absolute Gasteiger partial charge is 0.488 e. The smallest absolute Gasteiger partial charge is 0.147 e. The summed E-state index contributed by atoms with van der Waals surface area (Å²) in [6, 6.07) is 4.82. The summed E-state index contributed by atoms with van der Waals surface area (Å²) in [6.45, 7) is 4.24. The van der Waals surface area contributed by atoms with Crippen molar-refractivity contribution in [3.8, 4) is 5.75 Å². The highest BCUT2D eigenvalue weighted by Crippen LogP contribution is 2.33. The van der Waals surface area contributed by atoms with Crippen molar-refractivity contribution in [2.45, 2.75) is 31.7 Å². The zero-order valence-corrected chi connectivity index (χ0v) is 22.9. The molecule has 13 heteroatoms. The van der Waals surface area contributed by atoms with Crippen molar-refractivity contribution in [1.29, 1.82) is 5.53 Å². The Morgan fingerprint density at radius 2 is 2.17 bits per heavy atom. The summed E-state index contributed by atoms with van der Waals surface area (Å²) in [5.74, 6) is -0.400. The number of ether oxygens (including phenoxy) is 3. The number of hydrogen-bond acceptors (Lipinski definition) is 9. The van der Waals surface area contributed by atoms with E-state index in [1.54, 1.807) is 25.4 Å². The molecule has 5 heterocycles. The topological polar surface area (TPSA) is 110 Å². The average molecular weight is 574 g/mol. The summed E-state index contributed by atoms with van der Waals surface area (Å²) in [5.41, 5.74) is 10.1. The van der Waals surface area contributed by atoms with Gasteiger partial charge in [-0.3, -0.25) is 14.9 Å². The molecule has 3 aromatic heterocycles. The minimum Gasteiger partial charge on any atom is -0.488 e. The molecule has 0 radical (unpaired) electrons. The van der Waals surface area contributed by atoms with Crippen LogP contribution in [0.3, 0.4) is 0 Å². The van der Waals surface area contributed by atoms with Gasteiger partial charge in [-0.25, -0.2) is 18.8 Å². The monoisotopic (exact) mass is 573 g/mol. The van der Waals surface area contributed by atoms with Gasteiger partial charge in [0.1, 0.15) is 41.7 Å². The first-order chi connectivity index (χ1) is 19.4. The van der Waals surface area contributed by atoms with Gasteiger partial charge in [0.15, 0.2) is 0 Å². The molecule has 3 atom stereocenters. The summed E-state index contributed by atoms with van der Waals surface area (Å²) in [4.78, 5) is 10.7. The van der Waals surface area contributed by atoms with Crippen LogP contribution in [0.15, 0.2) is 52.6 Å². The summed E-state index contributed by atoms with van der Waals surface area (Å²) in [5, 5.41) is 8.37. The maximum Gasteiger partial charge on any atom is 0.147 e. The van der Waals surface area contributed by atoms with Crippen molar-refractivity contribution in [1.82, 2.24) is 19.5 Å². The van der Waals surface area contributed by atoms with E-state index in [1.165, 1.54) is 30.0 Å². The fraction of sp³-hybridized carbons (Fsp3) is 0.444. The van der Waals surface area contributed by atoms with Crippen molar-refractivity contribution in [2.24, 2.45) is 16.0 Å². The molecule has 10 nitrogen and oxygen atoms in total. The van der Waals surface area contributed by atoms with E-state index in [4.69, 9.17) is 31.3 Å². The molecule has 0 aliphatic carbocycles. The van der Waals surface area contributed by atoms with Crippen LogP contribution in [0.5, 0.6) is 5.75 Å². The number of piperidine rings is 1. The van der Waals surface area contributed by atoms with Crippen LogP contribution in [0.2, 0.25) is 5.02 Å². The van der Waals surface area contributed by atoms with Crippen molar-refractivity contribution < 1.29 is 23.0 Å². The second kappa shape index (κ2) is 12.5. The zero-order valence-electron chi connectivity index (χ0n) is 22.1. The Bertz CT molecular complexity index is 1410. The summed E-state index contributed by atoms with van der Waals surface area (Å²) in [7, 11) is 1.51. The first-order valence-corrected chi connectivity index (χ1v) is 13.3. The van der Waals surface area contributed by atoms with E-state index in [-0.39, 0.29) is 18.2 Å². The first-order valence-electron chi connectivity index (χ1n) is 12.9. The molecule has 0 amide bonds. The Morgan fingerprint density at radius 3 is 2.83 bits per heavy atom. The molecule has 2 fully saturated rings. The van der Waals surface area contributed by atoms with E-state index in [9.17, 15) is 8.78 Å². The summed E-state index contributed by atoms with van der Waals surface area (Å²) in [6.07, 6.45) is 4.94. The Morgan fingerprint density at radius 1 is 1.35 bits per heavy atom. The number of pyridine rings is 2. The molecular weight excluding hydrogens is 544 g/mol. The Kier molecular flexibility index (Phi) is 8.79. The number of nitrogens with zero attached hydrogens (tertiary/aromatic N) is 6. The highest BCUT2D eigenvalue weighted by Gasteiger charge is 2.34. The van der Waals surface area contributed by atoms with E-state index in [0.29, 0.717) is 65.5 Å². The van der Waals surface area contributed by atoms with Crippen LogP contribution in [0.25, 0.3) is 11.2 Å². The lowest BCUT2D eigenvalue weighted by atomic mass is 9.94. The van der Waals surface area contributed by atoms with Gasteiger partial charge in [0, 0.05) is 37.5 Å². The molecule has 2 aliphatic rings. The predicted molar refractivity (Wildman–Crippen MR) is 145 cm³/mol. The number of halogens is 3. The molecule has 212 valence electrons. The van der Waals surface area contributed by atoms with Gasteiger partial charge in [0.25, 0.3) is 0 Å². The van der Waals surface area contributed by atoms with Gasteiger partial charge in [0.2, 0.25) is 0 Å². The van der Waals surface area contributed by atoms with E-state index in [2.05, 4.69) is 25.1 Å². The number of alkyl halides is 1. The maximum atomic E-state index is 14.9. The Balaban J connectivity index is 1.37. The SMILES string of the molecule is CO[C@@H](COc1cc(/C(N=N)=C(C)/N=C\C2CCN(C3COC3)C[C@@H]2F)cn2ncc(Cl)c12)c1ccc(F)cn1. The number of nitrogens with one attached hydrogen (secondary N) is 1. The standard InChI is InChI=1S/C27H30ClF2N7O3/c1-16(32-8-17-5-6-36(12-22(17)30)20-13-39-14-20)26(35-31)18-7-24(27-21(28)10-34-37(27)11-18)40-15-25(38-2)23-4-3-19(29)9-33-23/h3-4,7-11,17,20,22,25,31H,5-6,12-15H2,1-2H3/b26-16-,32-8-,35-31?/t17?,22-,25-/m0/s1. The van der Waals surface area contributed by atoms with Gasteiger partial charge >= 0.3 is 0 Å². The van der Waals surface area contributed by atoms with Gasteiger partial charge in [-0.05, 0) is 38.1 Å². The molecule has 1 N–H and O–H groups in total. The molecule has 1 unspecified atom stereocenters. The number of likely N-dealkylation sites (tertiary alicyclic amines) is 1. The van der Waals surface area contributed by atoms with Crippen LogP contribution < -0.4 is 4.74 Å². The third-order valence-corrected chi connectivity index (χ3v) is 7.51. The Labute approximate surface area is 235 Å². The molecule has 2 saturated heterocycles. The lowest BCUT2D eigenvalue weighted by Crippen LogP contribution is -2.54. The third-order valence-electron chi connectivity index (χ3n) is 7.23. The normalized spacial score (nSPS) is 21.8. The summed E-state index contributed by atoms with van der Waals surface area (Å²) < 4.78 is 46.6. The minimum atomic E-state index is -1.03. The number of methoxy groups -OCH3 is 1. The number of hydrogen-bond donors (Lipinski definition) is 1. The number of aliphatic imine (C=N–C) groups is 1. The lowest BCUT2D eigenvalue weighted by molar-refractivity contribution is -0.0812. The van der Waals surface area contributed by atoms with Crippen molar-refractivity contribution in [3.63, 3.8) is 0 Å². The first kappa shape index (κ1) is 28.2. The second-order valence-electron chi connectivity index (χ2n) is 9.79. The second-order valence-corrected chi connectivity index (χ2v) is 10.2. The molecule has 2 aliphatic heterocycles. The molecule has 3 aromatic rings. The van der Waals surface area contributed by atoms with E-state index < -0.39 is 18.1 Å². The van der Waals surface area contributed by atoms with Crippen LogP contribution in [0, 0.1) is 17.3 Å². The van der Waals surface area contributed by atoms with Crippen LogP contribution >= 0.6 is 11.6 Å². The van der Waals surface area contributed by atoms with E-state index in [0.717, 1.165) is 12.7 Å². The molecule has 0 bridgehead atoms. The quantitative estimate of drug-likeness (QED) is 0.266. The molecule has 0 saturated carbocycles. The van der Waals surface area contributed by atoms with Gasteiger partial charge in [-0.15, -0.1) is 0 Å². The molecular formula is C27H30ClF2N7O3. The van der Waals surface area contributed by atoms with E-state index in [1.807, 2.05) is 0 Å². The van der Waals surface area contributed by atoms with Crippen molar-refractivity contribution >= 4 is 29.0 Å². The Hall–Kier alpha value is -3.32. The van der Waals surface area contributed by atoms with Gasteiger partial charge < -0.3 is 14.2 Å². The predicted octanol–water partition coefficient (Wildman–Crippen LogP) is 5.14. The molecule has 40 heavy (non-hydrogen) atoms. The van der Waals surface area contributed by atoms with Gasteiger partial charge in [-0.2, -0.15) is 10.2 Å². The van der Waals surface area contributed by atoms with Crippen LogP contribution in [-0.2, 0) is 9.47 Å². The fourth-order valence-electron chi connectivity index (χ4n) is 4.81. The third kappa shape index (κ3) is 6.04. The van der Waals surface area contributed by atoms with E-state index >= 15 is 0 Å². The van der Waals surface area contributed by atoms with Crippen LogP contribution in [0.4, 0.5) is 8.78 Å². The number of fused-ring (bicyclic) bond motifs is 1. The van der Waals surface area contributed by atoms with Crippen molar-refractivity contribution in [3.05, 3.63) is 64.6 Å².